The van der Waals surface area contributed by atoms with Crippen LogP contribution < -0.4 is 0 Å². The Kier molecular flexibility index (Phi) is 4.57. The number of nitrogens with one attached hydrogen (secondary N) is 1. The highest BCUT2D eigenvalue weighted by Gasteiger charge is 2.58. The lowest BCUT2D eigenvalue weighted by Gasteiger charge is -2.63. The number of nitrogens with zero attached hydrogens (tertiary/aromatic N) is 6. The van der Waals surface area contributed by atoms with E-state index in [1.807, 2.05) is 9.80 Å². The number of amides is 2. The number of urea groups is 1. The van der Waals surface area contributed by atoms with Crippen molar-refractivity contribution in [2.24, 2.45) is 16.7 Å². The van der Waals surface area contributed by atoms with Gasteiger partial charge in [0.05, 0.1) is 6.04 Å². The number of carbonyl (C=O) groups excluding carboxylic acids is 1. The topological polar surface area (TPSA) is 82.9 Å². The Labute approximate surface area is 191 Å². The summed E-state index contributed by atoms with van der Waals surface area (Å²) in [6.07, 6.45) is -0.969. The maximum atomic E-state index is 12.8. The summed E-state index contributed by atoms with van der Waals surface area (Å²) in [6.45, 7) is 2.72. The first-order valence-corrected chi connectivity index (χ1v) is 11.4. The number of H-pyrrole nitrogens is 1. The molecule has 2 aliphatic carbocycles. The average Bonchev–Trinajstić information content (AvgIpc) is 3.29. The molecule has 4 fully saturated rings. The standard InChI is InChI=1S/C21H24F5N7O/c22-16(23)17-28-11-33(30-17)13-4-20(5-13)9-32(10-20)18(34)31-7-19(8-31)2-12(3-19)1-15-27-6-14(29-15)21(24,25)26/h6,11-13,16H,1-5,7-10H2,(H,27,29). The molecule has 4 heterocycles. The van der Waals surface area contributed by atoms with E-state index < -0.39 is 24.1 Å². The zero-order chi connectivity index (χ0) is 23.9. The van der Waals surface area contributed by atoms with Crippen LogP contribution in [0.15, 0.2) is 12.5 Å². The van der Waals surface area contributed by atoms with Gasteiger partial charge in [-0.2, -0.15) is 13.2 Å². The number of halogens is 5. The molecule has 2 spiro atoms. The van der Waals surface area contributed by atoms with Gasteiger partial charge in [-0.25, -0.2) is 28.2 Å². The van der Waals surface area contributed by atoms with Crippen molar-refractivity contribution in [3.63, 3.8) is 0 Å². The predicted molar refractivity (Wildman–Crippen MR) is 107 cm³/mol. The van der Waals surface area contributed by atoms with Crippen LogP contribution in [0.2, 0.25) is 0 Å². The molecule has 0 aromatic carbocycles. The van der Waals surface area contributed by atoms with Crippen LogP contribution in [-0.2, 0) is 12.6 Å². The number of hydrogen-bond acceptors (Lipinski definition) is 4. The van der Waals surface area contributed by atoms with Crippen molar-refractivity contribution in [1.82, 2.24) is 34.5 Å². The first-order valence-electron chi connectivity index (χ1n) is 11.4. The molecule has 2 aliphatic heterocycles. The van der Waals surface area contributed by atoms with Gasteiger partial charge in [0.25, 0.3) is 6.43 Å². The number of aromatic nitrogens is 5. The van der Waals surface area contributed by atoms with Gasteiger partial charge in [-0.1, -0.05) is 0 Å². The quantitative estimate of drug-likeness (QED) is 0.670. The molecule has 1 N–H and O–H groups in total. The smallest absolute Gasteiger partial charge is 0.348 e. The van der Waals surface area contributed by atoms with Crippen molar-refractivity contribution in [3.8, 4) is 0 Å². The van der Waals surface area contributed by atoms with Crippen LogP contribution in [0.1, 0.15) is 55.5 Å². The normalized spacial score (nSPS) is 23.7. The number of aromatic amines is 1. The molecule has 2 aromatic rings. The van der Waals surface area contributed by atoms with Gasteiger partial charge < -0.3 is 14.8 Å². The second kappa shape index (κ2) is 7.14. The van der Waals surface area contributed by atoms with E-state index in [1.165, 1.54) is 11.0 Å². The lowest BCUT2D eigenvalue weighted by Crippen LogP contribution is -2.71. The van der Waals surface area contributed by atoms with Crippen LogP contribution in [0.4, 0.5) is 26.7 Å². The van der Waals surface area contributed by atoms with E-state index in [4.69, 9.17) is 0 Å². The molecule has 34 heavy (non-hydrogen) atoms. The maximum absolute atomic E-state index is 12.8. The molecular formula is C21H24F5N7O. The van der Waals surface area contributed by atoms with Gasteiger partial charge in [0.15, 0.2) is 5.69 Å². The van der Waals surface area contributed by atoms with Gasteiger partial charge in [0, 0.05) is 49.6 Å². The molecular weight excluding hydrogens is 461 g/mol. The summed E-state index contributed by atoms with van der Waals surface area (Å²) in [4.78, 5) is 26.4. The van der Waals surface area contributed by atoms with Gasteiger partial charge >= 0.3 is 12.2 Å². The zero-order valence-electron chi connectivity index (χ0n) is 18.2. The highest BCUT2D eigenvalue weighted by molar-refractivity contribution is 5.77. The summed E-state index contributed by atoms with van der Waals surface area (Å²) in [5.74, 6) is 0.193. The van der Waals surface area contributed by atoms with E-state index in [-0.39, 0.29) is 28.8 Å². The van der Waals surface area contributed by atoms with Crippen molar-refractivity contribution >= 4 is 6.03 Å². The minimum Gasteiger partial charge on any atom is -0.348 e. The molecule has 2 aromatic heterocycles. The molecule has 2 amide bonds. The fourth-order valence-electron chi connectivity index (χ4n) is 6.40. The Bertz CT molecular complexity index is 1080. The summed E-state index contributed by atoms with van der Waals surface area (Å²) >= 11 is 0. The Morgan fingerprint density at radius 1 is 1.09 bits per heavy atom. The van der Waals surface area contributed by atoms with Crippen molar-refractivity contribution in [2.45, 2.75) is 50.7 Å². The summed E-state index contributed by atoms with van der Waals surface area (Å²) < 4.78 is 64.9. The molecule has 8 nitrogen and oxygen atoms in total. The molecule has 2 saturated carbocycles. The molecule has 6 rings (SSSR count). The zero-order valence-corrected chi connectivity index (χ0v) is 18.2. The molecule has 0 bridgehead atoms. The fraction of sp³-hybridized carbons (Fsp3) is 0.714. The molecule has 4 aliphatic rings. The van der Waals surface area contributed by atoms with Gasteiger partial charge in [-0.05, 0) is 31.6 Å². The van der Waals surface area contributed by atoms with Crippen molar-refractivity contribution in [3.05, 3.63) is 29.9 Å². The maximum Gasteiger partial charge on any atom is 0.434 e. The van der Waals surface area contributed by atoms with Gasteiger partial charge in [-0.3, -0.25) is 0 Å². The molecule has 0 unspecified atom stereocenters. The summed E-state index contributed by atoms with van der Waals surface area (Å²) in [5.41, 5.74) is -0.736. The summed E-state index contributed by atoms with van der Waals surface area (Å²) in [7, 11) is 0. The van der Waals surface area contributed by atoms with Crippen molar-refractivity contribution in [2.75, 3.05) is 26.2 Å². The highest BCUT2D eigenvalue weighted by Crippen LogP contribution is 2.56. The second-order valence-electron chi connectivity index (χ2n) is 10.6. The molecule has 0 atom stereocenters. The largest absolute Gasteiger partial charge is 0.434 e. The third kappa shape index (κ3) is 3.54. The summed E-state index contributed by atoms with van der Waals surface area (Å²) in [5, 5.41) is 3.85. The van der Waals surface area contributed by atoms with Crippen LogP contribution in [0.25, 0.3) is 0 Å². The number of alkyl halides is 5. The lowest BCUT2D eigenvalue weighted by molar-refractivity contribution is -0.141. The van der Waals surface area contributed by atoms with Crippen LogP contribution in [0.3, 0.4) is 0 Å². The van der Waals surface area contributed by atoms with Gasteiger partial charge in [-0.15, -0.1) is 5.10 Å². The Balaban J connectivity index is 0.924. The molecule has 13 heteroatoms. The minimum absolute atomic E-state index is 0.0322. The van der Waals surface area contributed by atoms with Crippen LogP contribution >= 0.6 is 0 Å². The monoisotopic (exact) mass is 485 g/mol. The molecule has 0 radical (unpaired) electrons. The third-order valence-corrected chi connectivity index (χ3v) is 7.93. The lowest BCUT2D eigenvalue weighted by atomic mass is 9.57. The van der Waals surface area contributed by atoms with Crippen LogP contribution in [-0.4, -0.2) is 66.7 Å². The van der Waals surface area contributed by atoms with Crippen molar-refractivity contribution in [1.29, 1.82) is 0 Å². The van der Waals surface area contributed by atoms with Crippen LogP contribution in [0.5, 0.6) is 0 Å². The molecule has 184 valence electrons. The van der Waals surface area contributed by atoms with E-state index in [0.29, 0.717) is 38.4 Å². The van der Waals surface area contributed by atoms with Gasteiger partial charge in [0.2, 0.25) is 5.82 Å². The summed E-state index contributed by atoms with van der Waals surface area (Å²) in [6, 6.07) is 0.0857. The predicted octanol–water partition coefficient (Wildman–Crippen LogP) is 3.67. The fourth-order valence-corrected chi connectivity index (χ4v) is 6.40. The highest BCUT2D eigenvalue weighted by atomic mass is 19.4. The Morgan fingerprint density at radius 2 is 1.71 bits per heavy atom. The van der Waals surface area contributed by atoms with E-state index in [1.54, 1.807) is 0 Å². The Hall–Kier alpha value is -2.73. The molecule has 2 saturated heterocycles. The van der Waals surface area contributed by atoms with Gasteiger partial charge in [0.1, 0.15) is 12.2 Å². The number of rotatable bonds is 4. The van der Waals surface area contributed by atoms with E-state index in [0.717, 1.165) is 31.9 Å². The van der Waals surface area contributed by atoms with Crippen LogP contribution in [0, 0.1) is 16.7 Å². The second-order valence-corrected chi connectivity index (χ2v) is 10.6. The number of hydrogen-bond donors (Lipinski definition) is 1. The Morgan fingerprint density at radius 3 is 2.24 bits per heavy atom. The number of imidazole rings is 1. The first kappa shape index (κ1) is 21.8. The SMILES string of the molecule is O=C(N1CC2(CC(Cc3nc(C(F)(F)F)c[nH]3)C2)C1)N1CC2(CC(n3cnc(C(F)F)n3)C2)C1. The number of carbonyl (C=O) groups is 1. The first-order chi connectivity index (χ1) is 16.0. The number of likely N-dealkylation sites (tertiary alicyclic amines) is 2. The van der Waals surface area contributed by atoms with E-state index in [9.17, 15) is 26.7 Å². The van der Waals surface area contributed by atoms with Crippen molar-refractivity contribution < 1.29 is 26.7 Å². The van der Waals surface area contributed by atoms with E-state index in [2.05, 4.69) is 20.1 Å². The third-order valence-electron chi connectivity index (χ3n) is 7.93. The van der Waals surface area contributed by atoms with E-state index >= 15 is 0 Å². The average molecular weight is 485 g/mol. The minimum atomic E-state index is -4.44.